The van der Waals surface area contributed by atoms with Crippen LogP contribution in [0.25, 0.3) is 88.9 Å². The molecule has 4 nitrogen and oxygen atoms in total. The molecule has 0 atom stereocenters. The average Bonchev–Trinajstić information content (AvgIpc) is 3.75. The van der Waals surface area contributed by atoms with E-state index in [4.69, 9.17) is 9.97 Å². The van der Waals surface area contributed by atoms with Gasteiger partial charge in [-0.05, 0) is 66.6 Å². The average molecular weight is 679 g/mol. The van der Waals surface area contributed by atoms with Crippen LogP contribution in [0.5, 0.6) is 0 Å². The molecule has 0 fully saturated rings. The van der Waals surface area contributed by atoms with E-state index in [0.717, 1.165) is 51.4 Å². The minimum atomic E-state index is 0.692. The minimum Gasteiger partial charge on any atom is -0.307 e. The predicted octanol–water partition coefficient (Wildman–Crippen LogP) is 12.4. The van der Waals surface area contributed by atoms with Crippen molar-refractivity contribution in [1.82, 2.24) is 19.1 Å². The fraction of sp³-hybridized carbons (Fsp3) is 0.0204. The van der Waals surface area contributed by atoms with Gasteiger partial charge in [0, 0.05) is 49.6 Å². The molecule has 0 spiro atoms. The standard InChI is InChI=1S/C49H34N4/c1-2-13-33-22-24-35(25-23-33)44-32-43(34-14-5-3-6-15-34)50-49(51-44)36-26-28-38(29-27-36)53-46-21-12-10-19-40(46)42-31-30-41-39-18-9-11-20-45(39)52(47(41)48(42)53)37-16-7-4-8-17-37/h2-12,14-32H,1,13H2. The summed E-state index contributed by atoms with van der Waals surface area (Å²) in [5, 5.41) is 4.91. The predicted molar refractivity (Wildman–Crippen MR) is 221 cm³/mol. The van der Waals surface area contributed by atoms with Gasteiger partial charge in [-0.25, -0.2) is 9.97 Å². The van der Waals surface area contributed by atoms with Crippen LogP contribution in [0.4, 0.5) is 0 Å². The van der Waals surface area contributed by atoms with E-state index in [2.05, 4.69) is 186 Å². The van der Waals surface area contributed by atoms with Crippen LogP contribution in [0.1, 0.15) is 5.56 Å². The molecule has 10 aromatic rings. The fourth-order valence-electron chi connectivity index (χ4n) is 7.83. The summed E-state index contributed by atoms with van der Waals surface area (Å²) in [6.45, 7) is 3.89. The van der Waals surface area contributed by atoms with Crippen LogP contribution >= 0.6 is 0 Å². The lowest BCUT2D eigenvalue weighted by molar-refractivity contribution is 1.14. The Morgan fingerprint density at radius 2 is 0.906 bits per heavy atom. The number of fused-ring (bicyclic) bond motifs is 7. The summed E-state index contributed by atoms with van der Waals surface area (Å²) in [5.41, 5.74) is 13.0. The molecular weight excluding hydrogens is 645 g/mol. The largest absolute Gasteiger partial charge is 0.307 e. The first-order valence-corrected chi connectivity index (χ1v) is 18.0. The van der Waals surface area contributed by atoms with Crippen molar-refractivity contribution in [2.75, 3.05) is 0 Å². The van der Waals surface area contributed by atoms with Crippen molar-refractivity contribution in [3.8, 4) is 45.3 Å². The maximum absolute atomic E-state index is 5.14. The van der Waals surface area contributed by atoms with Crippen molar-refractivity contribution >= 4 is 43.6 Å². The van der Waals surface area contributed by atoms with Gasteiger partial charge in [-0.15, -0.1) is 6.58 Å². The van der Waals surface area contributed by atoms with Crippen molar-refractivity contribution < 1.29 is 0 Å². The van der Waals surface area contributed by atoms with Crippen LogP contribution in [0.15, 0.2) is 189 Å². The van der Waals surface area contributed by atoms with E-state index in [0.29, 0.717) is 5.82 Å². The summed E-state index contributed by atoms with van der Waals surface area (Å²) < 4.78 is 4.84. The van der Waals surface area contributed by atoms with Crippen LogP contribution in [-0.4, -0.2) is 19.1 Å². The molecule has 7 aromatic carbocycles. The highest BCUT2D eigenvalue weighted by molar-refractivity contribution is 6.23. The first kappa shape index (κ1) is 30.8. The van der Waals surface area contributed by atoms with E-state index in [9.17, 15) is 0 Å². The summed E-state index contributed by atoms with van der Waals surface area (Å²) >= 11 is 0. The van der Waals surface area contributed by atoms with Gasteiger partial charge < -0.3 is 9.13 Å². The van der Waals surface area contributed by atoms with Gasteiger partial charge in [0.05, 0.1) is 33.5 Å². The van der Waals surface area contributed by atoms with Gasteiger partial charge in [-0.1, -0.05) is 127 Å². The van der Waals surface area contributed by atoms with Gasteiger partial charge in [-0.2, -0.15) is 0 Å². The lowest BCUT2D eigenvalue weighted by atomic mass is 10.0. The monoisotopic (exact) mass is 678 g/mol. The molecule has 0 saturated heterocycles. The minimum absolute atomic E-state index is 0.692. The lowest BCUT2D eigenvalue weighted by Gasteiger charge is -2.13. The molecule has 53 heavy (non-hydrogen) atoms. The summed E-state index contributed by atoms with van der Waals surface area (Å²) in [5.74, 6) is 0.692. The zero-order valence-corrected chi connectivity index (χ0v) is 29.0. The van der Waals surface area contributed by atoms with Crippen LogP contribution in [-0.2, 0) is 6.42 Å². The molecule has 0 radical (unpaired) electrons. The number of hydrogen-bond donors (Lipinski definition) is 0. The summed E-state index contributed by atoms with van der Waals surface area (Å²) in [7, 11) is 0. The Morgan fingerprint density at radius 1 is 0.434 bits per heavy atom. The molecule has 0 aliphatic heterocycles. The molecule has 250 valence electrons. The lowest BCUT2D eigenvalue weighted by Crippen LogP contribution is -1.99. The van der Waals surface area contributed by atoms with Gasteiger partial charge in [0.2, 0.25) is 0 Å². The number of para-hydroxylation sites is 3. The van der Waals surface area contributed by atoms with Gasteiger partial charge in [0.1, 0.15) is 0 Å². The number of allylic oxidation sites excluding steroid dienone is 1. The SMILES string of the molecule is C=CCc1ccc(-c2cc(-c3ccccc3)nc(-c3ccc(-n4c5ccccc5c5ccc6c7ccccc7n(-c7ccccc7)c6c54)cc3)n2)cc1. The topological polar surface area (TPSA) is 35.6 Å². The van der Waals surface area contributed by atoms with Crippen molar-refractivity contribution in [2.24, 2.45) is 0 Å². The zero-order chi connectivity index (χ0) is 35.3. The summed E-state index contributed by atoms with van der Waals surface area (Å²) in [6.07, 6.45) is 2.77. The molecule has 0 bridgehead atoms. The number of nitrogens with zero attached hydrogens (tertiary/aromatic N) is 4. The molecule has 4 heteroatoms. The Hall–Kier alpha value is -7.04. The Balaban J connectivity index is 1.18. The van der Waals surface area contributed by atoms with Gasteiger partial charge in [0.15, 0.2) is 5.82 Å². The molecule has 0 amide bonds. The number of benzene rings is 7. The third-order valence-corrected chi connectivity index (χ3v) is 10.3. The Bertz CT molecular complexity index is 2950. The van der Waals surface area contributed by atoms with E-state index in [1.54, 1.807) is 0 Å². The Kier molecular flexibility index (Phi) is 7.33. The molecule has 3 heterocycles. The normalized spacial score (nSPS) is 11.5. The van der Waals surface area contributed by atoms with Crippen molar-refractivity contribution in [2.45, 2.75) is 6.42 Å². The maximum Gasteiger partial charge on any atom is 0.160 e. The number of hydrogen-bond acceptors (Lipinski definition) is 2. The van der Waals surface area contributed by atoms with E-state index in [-0.39, 0.29) is 0 Å². The molecular formula is C49H34N4. The fourth-order valence-corrected chi connectivity index (χ4v) is 7.83. The molecule has 3 aromatic heterocycles. The van der Waals surface area contributed by atoms with Crippen molar-refractivity contribution in [3.05, 3.63) is 194 Å². The quantitative estimate of drug-likeness (QED) is 0.157. The summed E-state index contributed by atoms with van der Waals surface area (Å²) in [6, 6.07) is 62.5. The van der Waals surface area contributed by atoms with Gasteiger partial charge in [-0.3, -0.25) is 0 Å². The van der Waals surface area contributed by atoms with Crippen molar-refractivity contribution in [3.63, 3.8) is 0 Å². The maximum atomic E-state index is 5.14. The van der Waals surface area contributed by atoms with E-state index in [1.807, 2.05) is 12.1 Å². The smallest absolute Gasteiger partial charge is 0.160 e. The third-order valence-electron chi connectivity index (χ3n) is 10.3. The van der Waals surface area contributed by atoms with Crippen LogP contribution < -0.4 is 0 Å². The second-order valence-corrected chi connectivity index (χ2v) is 13.5. The number of rotatable bonds is 7. The zero-order valence-electron chi connectivity index (χ0n) is 29.0. The summed E-state index contributed by atoms with van der Waals surface area (Å²) in [4.78, 5) is 10.3. The third kappa shape index (κ3) is 5.15. The van der Waals surface area contributed by atoms with Crippen LogP contribution in [0.3, 0.4) is 0 Å². The van der Waals surface area contributed by atoms with E-state index < -0.39 is 0 Å². The molecule has 0 aliphatic carbocycles. The van der Waals surface area contributed by atoms with E-state index >= 15 is 0 Å². The second kappa shape index (κ2) is 12.6. The molecule has 0 unspecified atom stereocenters. The van der Waals surface area contributed by atoms with Gasteiger partial charge in [0.25, 0.3) is 0 Å². The van der Waals surface area contributed by atoms with E-state index in [1.165, 1.54) is 43.7 Å². The highest BCUT2D eigenvalue weighted by atomic mass is 15.0. The van der Waals surface area contributed by atoms with Crippen LogP contribution in [0.2, 0.25) is 0 Å². The molecule has 0 aliphatic rings. The van der Waals surface area contributed by atoms with Gasteiger partial charge >= 0.3 is 0 Å². The molecule has 10 rings (SSSR count). The molecule has 0 saturated carbocycles. The molecule has 0 N–H and O–H groups in total. The Morgan fingerprint density at radius 3 is 1.47 bits per heavy atom. The first-order valence-electron chi connectivity index (χ1n) is 18.0. The first-order chi connectivity index (χ1) is 26.2. The Labute approximate surface area is 307 Å². The number of aromatic nitrogens is 4. The highest BCUT2D eigenvalue weighted by Crippen LogP contribution is 2.41. The van der Waals surface area contributed by atoms with Crippen molar-refractivity contribution in [1.29, 1.82) is 0 Å². The van der Waals surface area contributed by atoms with Crippen LogP contribution in [0, 0.1) is 0 Å². The second-order valence-electron chi connectivity index (χ2n) is 13.5. The highest BCUT2D eigenvalue weighted by Gasteiger charge is 2.21.